The van der Waals surface area contributed by atoms with Gasteiger partial charge in [-0.25, -0.2) is 0 Å². The number of fused-ring (bicyclic) bond motifs is 2. The van der Waals surface area contributed by atoms with Gasteiger partial charge < -0.3 is 0 Å². The molecule has 205 valence electrons. The Hall–Kier alpha value is -3.90. The van der Waals surface area contributed by atoms with Crippen LogP contribution in [0, 0.1) is 10.4 Å². The molecule has 0 spiro atoms. The van der Waals surface area contributed by atoms with Crippen LogP contribution in [-0.2, 0) is 23.7 Å². The van der Waals surface area contributed by atoms with Crippen LogP contribution in [-0.4, -0.2) is 0 Å². The number of allylic oxidation sites excluding steroid dienone is 4. The van der Waals surface area contributed by atoms with Crippen molar-refractivity contribution in [1.29, 1.82) is 0 Å². The fourth-order valence-electron chi connectivity index (χ4n) is 6.34. The second-order valence-corrected chi connectivity index (χ2v) is 13.7. The highest BCUT2D eigenvalue weighted by molar-refractivity contribution is 5.82. The molecule has 0 atom stereocenters. The van der Waals surface area contributed by atoms with Gasteiger partial charge in [0.25, 0.3) is 0 Å². The number of benzene rings is 4. The summed E-state index contributed by atoms with van der Waals surface area (Å²) < 4.78 is 0. The summed E-state index contributed by atoms with van der Waals surface area (Å²) in [6.45, 7) is 14.0. The Kier molecular flexibility index (Phi) is 6.98. The van der Waals surface area contributed by atoms with E-state index in [-0.39, 0.29) is 10.8 Å². The minimum absolute atomic E-state index is 0.0330. The highest BCUT2D eigenvalue weighted by Gasteiger charge is 2.25. The van der Waals surface area contributed by atoms with Crippen molar-refractivity contribution in [2.24, 2.45) is 0 Å². The van der Waals surface area contributed by atoms with Gasteiger partial charge >= 0.3 is 0 Å². The van der Waals surface area contributed by atoms with Gasteiger partial charge in [0, 0.05) is 0 Å². The quantitative estimate of drug-likeness (QED) is 0.212. The van der Waals surface area contributed by atoms with Crippen molar-refractivity contribution < 1.29 is 0 Å². The van der Waals surface area contributed by atoms with E-state index in [1.165, 1.54) is 65.4 Å². The molecule has 0 unspecified atom stereocenters. The molecule has 0 nitrogen and oxygen atoms in total. The minimum atomic E-state index is -0.0330. The lowest BCUT2D eigenvalue weighted by Crippen LogP contribution is -2.29. The van der Waals surface area contributed by atoms with Crippen LogP contribution in [0.2, 0.25) is 0 Å². The Bertz CT molecular complexity index is 1840. The van der Waals surface area contributed by atoms with E-state index in [0.29, 0.717) is 0 Å². The zero-order valence-corrected chi connectivity index (χ0v) is 25.4. The van der Waals surface area contributed by atoms with Crippen molar-refractivity contribution in [3.8, 4) is 0 Å². The first kappa shape index (κ1) is 27.3. The maximum Gasteiger partial charge on any atom is -0.000730 e. The molecule has 0 aromatic heterocycles. The molecule has 0 N–H and O–H groups in total. The van der Waals surface area contributed by atoms with Gasteiger partial charge in [-0.1, -0.05) is 138 Å². The van der Waals surface area contributed by atoms with Crippen LogP contribution in [0.3, 0.4) is 0 Å². The van der Waals surface area contributed by atoms with Crippen LogP contribution in [0.15, 0.2) is 103 Å². The van der Waals surface area contributed by atoms with E-state index in [1.807, 2.05) is 0 Å². The molecule has 0 fully saturated rings. The molecule has 0 heteroatoms. The number of rotatable bonds is 5. The Balaban J connectivity index is 1.78. The normalized spacial score (nSPS) is 14.0. The van der Waals surface area contributed by atoms with Gasteiger partial charge in [-0.15, -0.1) is 0 Å². The molecule has 0 bridgehead atoms. The van der Waals surface area contributed by atoms with Crippen molar-refractivity contribution in [3.63, 3.8) is 0 Å². The second-order valence-electron chi connectivity index (χ2n) is 13.7. The summed E-state index contributed by atoms with van der Waals surface area (Å²) in [5.74, 6) is 0. The third kappa shape index (κ3) is 5.41. The fraction of sp³-hybridized carbons (Fsp3) is 0.268. The molecular weight excluding hydrogens is 492 g/mol. The van der Waals surface area contributed by atoms with Crippen LogP contribution in [0.25, 0.3) is 17.2 Å². The standard InChI is InChI=1S/C41H41/c1-40(2,3)33-22-21-31-25-36-35(34(31)26-33)27-37(41(4,5)6)39(38(36)30-19-13-14-20-30)32(23-28-15-9-7-10-16-28)24-29-17-11-8-12-18-29/h7-19,21-22,26-27H,20,23-24H2,1-6H3. The first-order valence-corrected chi connectivity index (χ1v) is 15.0. The van der Waals surface area contributed by atoms with E-state index in [9.17, 15) is 0 Å². The van der Waals surface area contributed by atoms with Crippen molar-refractivity contribution >= 4 is 17.2 Å². The molecule has 0 saturated carbocycles. The summed E-state index contributed by atoms with van der Waals surface area (Å²) in [6.07, 6.45) is 13.6. The van der Waals surface area contributed by atoms with Crippen molar-refractivity contribution in [3.05, 3.63) is 157 Å². The molecule has 41 heavy (non-hydrogen) atoms. The Morgan fingerprint density at radius 3 is 1.88 bits per heavy atom. The molecular formula is C41H41. The van der Waals surface area contributed by atoms with Gasteiger partial charge in [0.2, 0.25) is 0 Å². The van der Waals surface area contributed by atoms with E-state index in [4.69, 9.17) is 0 Å². The third-order valence-electron chi connectivity index (χ3n) is 8.54. The maximum atomic E-state index is 3.92. The van der Waals surface area contributed by atoms with Gasteiger partial charge in [0.15, 0.2) is 0 Å². The molecule has 0 saturated heterocycles. The van der Waals surface area contributed by atoms with Gasteiger partial charge in [-0.3, -0.25) is 0 Å². The summed E-state index contributed by atoms with van der Waals surface area (Å²) in [4.78, 5) is 0. The van der Waals surface area contributed by atoms with E-state index in [0.717, 1.165) is 19.3 Å². The summed E-state index contributed by atoms with van der Waals surface area (Å²) in [6, 6.07) is 31.5. The average molecular weight is 534 g/mol. The summed E-state index contributed by atoms with van der Waals surface area (Å²) in [7, 11) is 0. The summed E-state index contributed by atoms with van der Waals surface area (Å²) in [5, 5.41) is 5.30. The number of hydrogen-bond donors (Lipinski definition) is 0. The number of hydrogen-bond acceptors (Lipinski definition) is 0. The monoisotopic (exact) mass is 533 g/mol. The first-order chi connectivity index (χ1) is 19.6. The Morgan fingerprint density at radius 1 is 0.707 bits per heavy atom. The molecule has 1 radical (unpaired) electrons. The minimum Gasteiger partial charge on any atom is -0.0801 e. The first-order valence-electron chi connectivity index (χ1n) is 15.0. The molecule has 0 heterocycles. The van der Waals surface area contributed by atoms with Crippen LogP contribution < -0.4 is 10.4 Å². The average Bonchev–Trinajstić information content (AvgIpc) is 3.60. The zero-order chi connectivity index (χ0) is 28.8. The van der Waals surface area contributed by atoms with Gasteiger partial charge in [-0.2, -0.15) is 0 Å². The lowest BCUT2D eigenvalue weighted by molar-refractivity contribution is 0.584. The van der Waals surface area contributed by atoms with E-state index in [1.54, 1.807) is 0 Å². The molecule has 4 aromatic carbocycles. The summed E-state index contributed by atoms with van der Waals surface area (Å²) >= 11 is 0. The highest BCUT2D eigenvalue weighted by Crippen LogP contribution is 2.33. The van der Waals surface area contributed by atoms with E-state index in [2.05, 4.69) is 151 Å². The molecule has 6 rings (SSSR count). The van der Waals surface area contributed by atoms with Crippen LogP contribution in [0.1, 0.15) is 81.3 Å². The second kappa shape index (κ2) is 10.5. The maximum absolute atomic E-state index is 3.92. The lowest BCUT2D eigenvalue weighted by Gasteiger charge is -2.26. The van der Waals surface area contributed by atoms with Crippen LogP contribution >= 0.6 is 0 Å². The van der Waals surface area contributed by atoms with Crippen molar-refractivity contribution in [2.45, 2.75) is 71.6 Å². The molecule has 0 amide bonds. The third-order valence-corrected chi connectivity index (χ3v) is 8.54. The topological polar surface area (TPSA) is 0 Å². The van der Waals surface area contributed by atoms with Crippen molar-refractivity contribution in [2.75, 3.05) is 0 Å². The molecule has 2 aliphatic carbocycles. The van der Waals surface area contributed by atoms with E-state index < -0.39 is 0 Å². The molecule has 0 aliphatic heterocycles. The fourth-order valence-corrected chi connectivity index (χ4v) is 6.34. The van der Waals surface area contributed by atoms with Gasteiger partial charge in [-0.05, 0) is 108 Å². The molecule has 4 aromatic rings. The largest absolute Gasteiger partial charge is 0.0801 e. The molecule has 2 aliphatic rings. The highest BCUT2D eigenvalue weighted by atomic mass is 14.3. The predicted molar refractivity (Wildman–Crippen MR) is 175 cm³/mol. The van der Waals surface area contributed by atoms with Crippen molar-refractivity contribution in [1.82, 2.24) is 0 Å². The SMILES string of the molecule is CC(C)(C)c1ccc2c(c1)=c1cc(C(C)(C)C)c(=C(Cc3ccccc3)Cc3ccccc3)c(C3=CC=CC3)c1[C]=2. The Morgan fingerprint density at radius 2 is 1.34 bits per heavy atom. The van der Waals surface area contributed by atoms with Crippen LogP contribution in [0.4, 0.5) is 0 Å². The lowest BCUT2D eigenvalue weighted by atomic mass is 9.78. The van der Waals surface area contributed by atoms with Gasteiger partial charge in [0.05, 0.1) is 0 Å². The van der Waals surface area contributed by atoms with Crippen LogP contribution in [0.5, 0.6) is 0 Å². The van der Waals surface area contributed by atoms with Gasteiger partial charge in [0.1, 0.15) is 0 Å². The van der Waals surface area contributed by atoms with E-state index >= 15 is 0 Å². The zero-order valence-electron chi connectivity index (χ0n) is 25.4. The predicted octanol–water partition coefficient (Wildman–Crippen LogP) is 8.57. The smallest absolute Gasteiger partial charge is 0.000730 e. The summed E-state index contributed by atoms with van der Waals surface area (Å²) in [5.41, 5.74) is 11.1. The Labute approximate surface area is 245 Å².